The highest BCUT2D eigenvalue weighted by Gasteiger charge is 2.61. The van der Waals surface area contributed by atoms with Crippen LogP contribution in [0.15, 0.2) is 24.3 Å². The lowest BCUT2D eigenvalue weighted by Gasteiger charge is -2.36. The van der Waals surface area contributed by atoms with Gasteiger partial charge in [-0.3, -0.25) is 14.5 Å². The van der Waals surface area contributed by atoms with Gasteiger partial charge in [0.25, 0.3) is 0 Å². The highest BCUT2D eigenvalue weighted by molar-refractivity contribution is 6.22. The number of hydrogen-bond acceptors (Lipinski definition) is 4. The van der Waals surface area contributed by atoms with Crippen LogP contribution in [-0.2, 0) is 14.3 Å². The summed E-state index contributed by atoms with van der Waals surface area (Å²) in [5.41, 5.74) is 0.925. The van der Waals surface area contributed by atoms with Gasteiger partial charge in [-0.15, -0.1) is 0 Å². The van der Waals surface area contributed by atoms with Crippen LogP contribution in [0.2, 0.25) is 0 Å². The number of esters is 1. The SMILES string of the molecule is CC(C)[C@H]1CC[C@@H](C)C[C@H]1OC(=O)c1cccc(N2C(=O)[C@H]3[C@H]4CC[C@@H](C4)[C@@H]3C2=O)c1. The summed E-state index contributed by atoms with van der Waals surface area (Å²) < 4.78 is 5.98. The molecule has 5 heteroatoms. The Morgan fingerprint density at radius 2 is 1.68 bits per heavy atom. The summed E-state index contributed by atoms with van der Waals surface area (Å²) >= 11 is 0. The van der Waals surface area contributed by atoms with Crippen molar-refractivity contribution in [3.8, 4) is 0 Å². The number of benzene rings is 1. The molecule has 166 valence electrons. The molecule has 0 radical (unpaired) electrons. The molecule has 1 aliphatic heterocycles. The van der Waals surface area contributed by atoms with Crippen molar-refractivity contribution in [2.45, 2.75) is 65.4 Å². The van der Waals surface area contributed by atoms with Gasteiger partial charge in [0.1, 0.15) is 6.10 Å². The van der Waals surface area contributed by atoms with E-state index in [9.17, 15) is 14.4 Å². The van der Waals surface area contributed by atoms with E-state index in [1.54, 1.807) is 24.3 Å². The molecular weight excluding hydrogens is 390 g/mol. The van der Waals surface area contributed by atoms with Crippen LogP contribution in [0.25, 0.3) is 0 Å². The van der Waals surface area contributed by atoms with Crippen molar-refractivity contribution in [3.63, 3.8) is 0 Å². The summed E-state index contributed by atoms with van der Waals surface area (Å²) in [6.07, 6.45) is 6.20. The third kappa shape index (κ3) is 3.41. The molecule has 3 saturated carbocycles. The second kappa shape index (κ2) is 7.75. The lowest BCUT2D eigenvalue weighted by atomic mass is 9.75. The minimum Gasteiger partial charge on any atom is -0.458 e. The van der Waals surface area contributed by atoms with Crippen molar-refractivity contribution < 1.29 is 19.1 Å². The Bertz CT molecular complexity index is 880. The Morgan fingerprint density at radius 1 is 1.00 bits per heavy atom. The predicted molar refractivity (Wildman–Crippen MR) is 117 cm³/mol. The number of imide groups is 1. The average Bonchev–Trinajstić information content (AvgIpc) is 3.41. The number of hydrogen-bond donors (Lipinski definition) is 0. The topological polar surface area (TPSA) is 63.7 Å². The molecule has 2 bridgehead atoms. The first kappa shape index (κ1) is 20.7. The maximum atomic E-state index is 13.1. The molecule has 1 aromatic carbocycles. The second-order valence-electron chi connectivity index (χ2n) is 10.7. The Kier molecular flexibility index (Phi) is 5.18. The first-order valence-corrected chi connectivity index (χ1v) is 12.0. The van der Waals surface area contributed by atoms with Crippen LogP contribution in [0.4, 0.5) is 5.69 Å². The molecule has 0 unspecified atom stereocenters. The Morgan fingerprint density at radius 3 is 2.32 bits per heavy atom. The van der Waals surface area contributed by atoms with E-state index in [2.05, 4.69) is 20.8 Å². The van der Waals surface area contributed by atoms with Gasteiger partial charge in [0.05, 0.1) is 23.1 Å². The first-order valence-electron chi connectivity index (χ1n) is 12.0. The molecule has 4 fully saturated rings. The van der Waals surface area contributed by atoms with E-state index in [1.807, 2.05) is 0 Å². The molecule has 0 spiro atoms. The number of amides is 2. The second-order valence-corrected chi connectivity index (χ2v) is 10.7. The maximum Gasteiger partial charge on any atom is 0.338 e. The van der Waals surface area contributed by atoms with E-state index >= 15 is 0 Å². The van der Waals surface area contributed by atoms with Crippen molar-refractivity contribution in [3.05, 3.63) is 29.8 Å². The van der Waals surface area contributed by atoms with Gasteiger partial charge >= 0.3 is 5.97 Å². The van der Waals surface area contributed by atoms with Gasteiger partial charge in [0.2, 0.25) is 11.8 Å². The fourth-order valence-corrected chi connectivity index (χ4v) is 6.89. The number of carbonyl (C=O) groups excluding carboxylic acids is 3. The van der Waals surface area contributed by atoms with Gasteiger partial charge in [0.15, 0.2) is 0 Å². The molecule has 3 aliphatic carbocycles. The smallest absolute Gasteiger partial charge is 0.338 e. The van der Waals surface area contributed by atoms with Gasteiger partial charge in [-0.1, -0.05) is 33.3 Å². The minimum absolute atomic E-state index is 0.0753. The molecule has 1 aromatic rings. The molecule has 0 N–H and O–H groups in total. The normalized spacial score (nSPS) is 36.9. The molecule has 31 heavy (non-hydrogen) atoms. The maximum absolute atomic E-state index is 13.1. The largest absolute Gasteiger partial charge is 0.458 e. The highest BCUT2D eigenvalue weighted by Crippen LogP contribution is 2.56. The van der Waals surface area contributed by atoms with Crippen molar-refractivity contribution >= 4 is 23.5 Å². The number of ether oxygens (including phenoxy) is 1. The number of anilines is 1. The van der Waals surface area contributed by atoms with Crippen LogP contribution < -0.4 is 4.90 Å². The fourth-order valence-electron chi connectivity index (χ4n) is 6.89. The molecule has 5 rings (SSSR count). The molecule has 4 aliphatic rings. The third-order valence-electron chi connectivity index (χ3n) is 8.49. The summed E-state index contributed by atoms with van der Waals surface area (Å²) in [5.74, 6) is 1.28. The molecule has 5 nitrogen and oxygen atoms in total. The number of carbonyl (C=O) groups is 3. The number of nitrogens with zero attached hydrogens (tertiary/aromatic N) is 1. The van der Waals surface area contributed by atoms with Crippen LogP contribution in [0.3, 0.4) is 0 Å². The van der Waals surface area contributed by atoms with E-state index in [-0.39, 0.29) is 35.7 Å². The van der Waals surface area contributed by atoms with E-state index in [0.717, 1.165) is 32.1 Å². The van der Waals surface area contributed by atoms with Gasteiger partial charge in [-0.05, 0) is 79.9 Å². The van der Waals surface area contributed by atoms with E-state index in [0.29, 0.717) is 40.8 Å². The van der Waals surface area contributed by atoms with E-state index in [4.69, 9.17) is 4.74 Å². The standard InChI is InChI=1S/C26H33NO4/c1-14(2)20-10-7-15(3)11-21(20)31-26(30)18-5-4-6-19(13-18)27-24(28)22-16-8-9-17(12-16)23(22)25(27)29/h4-6,13-17,20-23H,7-12H2,1-3H3/t15-,16+,17+,20-,21-,22+,23+/m1/s1. The van der Waals surface area contributed by atoms with Gasteiger partial charge in [0, 0.05) is 0 Å². The summed E-state index contributed by atoms with van der Waals surface area (Å²) in [4.78, 5) is 40.6. The summed E-state index contributed by atoms with van der Waals surface area (Å²) in [7, 11) is 0. The summed E-state index contributed by atoms with van der Waals surface area (Å²) in [6.45, 7) is 6.60. The van der Waals surface area contributed by atoms with Crippen LogP contribution in [0, 0.1) is 41.4 Å². The Balaban J connectivity index is 1.35. The lowest BCUT2D eigenvalue weighted by Crippen LogP contribution is -2.36. The van der Waals surface area contributed by atoms with Crippen LogP contribution in [0.1, 0.15) is 69.7 Å². The van der Waals surface area contributed by atoms with Gasteiger partial charge in [-0.2, -0.15) is 0 Å². The summed E-state index contributed by atoms with van der Waals surface area (Å²) in [6, 6.07) is 6.89. The van der Waals surface area contributed by atoms with Crippen LogP contribution >= 0.6 is 0 Å². The highest BCUT2D eigenvalue weighted by atomic mass is 16.5. The first-order chi connectivity index (χ1) is 14.8. The summed E-state index contributed by atoms with van der Waals surface area (Å²) in [5, 5.41) is 0. The zero-order valence-electron chi connectivity index (χ0n) is 18.8. The predicted octanol–water partition coefficient (Wildman–Crippen LogP) is 4.84. The molecule has 7 atom stereocenters. The monoisotopic (exact) mass is 423 g/mol. The molecular formula is C26H33NO4. The average molecular weight is 424 g/mol. The molecule has 0 aromatic heterocycles. The molecule has 1 saturated heterocycles. The zero-order valence-corrected chi connectivity index (χ0v) is 18.8. The van der Waals surface area contributed by atoms with Crippen LogP contribution in [0.5, 0.6) is 0 Å². The van der Waals surface area contributed by atoms with E-state index < -0.39 is 0 Å². The molecule has 1 heterocycles. The van der Waals surface area contributed by atoms with Crippen molar-refractivity contribution in [1.29, 1.82) is 0 Å². The fraction of sp³-hybridized carbons (Fsp3) is 0.654. The van der Waals surface area contributed by atoms with Gasteiger partial charge in [-0.25, -0.2) is 4.79 Å². The number of rotatable bonds is 4. The Hall–Kier alpha value is -2.17. The minimum atomic E-state index is -0.356. The van der Waals surface area contributed by atoms with E-state index in [1.165, 1.54) is 11.3 Å². The lowest BCUT2D eigenvalue weighted by molar-refractivity contribution is -0.123. The zero-order chi connectivity index (χ0) is 21.9. The van der Waals surface area contributed by atoms with Gasteiger partial charge < -0.3 is 4.74 Å². The quantitative estimate of drug-likeness (QED) is 0.513. The molecule has 2 amide bonds. The third-order valence-corrected chi connectivity index (χ3v) is 8.49. The number of fused-ring (bicyclic) bond motifs is 5. The van der Waals surface area contributed by atoms with Crippen LogP contribution in [-0.4, -0.2) is 23.9 Å². The Labute approximate surface area is 184 Å². The van der Waals surface area contributed by atoms with Crippen molar-refractivity contribution in [2.75, 3.05) is 4.90 Å². The van der Waals surface area contributed by atoms with Crippen molar-refractivity contribution in [2.24, 2.45) is 41.4 Å². The van der Waals surface area contributed by atoms with Crippen molar-refractivity contribution in [1.82, 2.24) is 0 Å².